The predicted octanol–water partition coefficient (Wildman–Crippen LogP) is 3.41. The Bertz CT molecular complexity index is 352. The molecule has 1 fully saturated rings. The van der Waals surface area contributed by atoms with Crippen LogP contribution in [-0.4, -0.2) is 12.2 Å². The van der Waals surface area contributed by atoms with Crippen molar-refractivity contribution >= 4 is 0 Å². The lowest BCUT2D eigenvalue weighted by Crippen LogP contribution is -2.00. The molecule has 2 nitrogen and oxygen atoms in total. The van der Waals surface area contributed by atoms with Crippen LogP contribution in [0.4, 0.5) is 0 Å². The van der Waals surface area contributed by atoms with Crippen LogP contribution in [0.15, 0.2) is 18.2 Å². The summed E-state index contributed by atoms with van der Waals surface area (Å²) in [4.78, 5) is 0. The van der Waals surface area contributed by atoms with E-state index >= 15 is 0 Å². The molecule has 0 spiro atoms. The van der Waals surface area contributed by atoms with Crippen molar-refractivity contribution in [1.82, 2.24) is 0 Å². The lowest BCUT2D eigenvalue weighted by Gasteiger charge is -2.16. The highest BCUT2D eigenvalue weighted by Crippen LogP contribution is 2.37. The molecule has 2 heteroatoms. The molecule has 0 saturated heterocycles. The van der Waals surface area contributed by atoms with Gasteiger partial charge in [0.2, 0.25) is 0 Å². The van der Waals surface area contributed by atoms with Gasteiger partial charge in [-0.1, -0.05) is 18.9 Å². The van der Waals surface area contributed by atoms with E-state index in [1.165, 1.54) is 31.2 Å². The van der Waals surface area contributed by atoms with E-state index in [2.05, 4.69) is 12.1 Å². The summed E-state index contributed by atoms with van der Waals surface area (Å²) in [7, 11) is 1.65. The van der Waals surface area contributed by atoms with Gasteiger partial charge in [0.25, 0.3) is 0 Å². The second-order valence-corrected chi connectivity index (χ2v) is 4.66. The van der Waals surface area contributed by atoms with Crippen LogP contribution in [-0.2, 0) is 0 Å². The molecule has 0 radical (unpaired) electrons. The molecule has 1 aliphatic rings. The van der Waals surface area contributed by atoms with Gasteiger partial charge in [0.05, 0.1) is 13.2 Å². The predicted molar refractivity (Wildman–Crippen MR) is 64.8 cm³/mol. The van der Waals surface area contributed by atoms with E-state index in [1.807, 2.05) is 6.07 Å². The maximum atomic E-state index is 9.72. The average molecular weight is 220 g/mol. The minimum Gasteiger partial charge on any atom is -0.496 e. The van der Waals surface area contributed by atoms with Gasteiger partial charge in [0.15, 0.2) is 0 Å². The Morgan fingerprint density at radius 3 is 2.56 bits per heavy atom. The van der Waals surface area contributed by atoms with Crippen molar-refractivity contribution in [2.75, 3.05) is 7.11 Å². The lowest BCUT2D eigenvalue weighted by atomic mass is 9.94. The molecule has 1 aromatic rings. The number of methoxy groups -OCH3 is 1. The fourth-order valence-electron chi connectivity index (χ4n) is 2.59. The molecule has 0 heterocycles. The molecule has 1 aromatic carbocycles. The largest absolute Gasteiger partial charge is 0.496 e. The first-order chi connectivity index (χ1) is 7.72. The Labute approximate surface area is 97.3 Å². The van der Waals surface area contributed by atoms with Gasteiger partial charge in [-0.15, -0.1) is 0 Å². The first-order valence-corrected chi connectivity index (χ1v) is 6.08. The third kappa shape index (κ3) is 2.22. The van der Waals surface area contributed by atoms with Crippen LogP contribution >= 0.6 is 0 Å². The first-order valence-electron chi connectivity index (χ1n) is 6.08. The Kier molecular flexibility index (Phi) is 3.49. The van der Waals surface area contributed by atoms with Crippen LogP contribution < -0.4 is 4.74 Å². The Balaban J connectivity index is 2.30. The van der Waals surface area contributed by atoms with Crippen LogP contribution in [0.3, 0.4) is 0 Å². The van der Waals surface area contributed by atoms with Crippen molar-refractivity contribution in [2.24, 2.45) is 0 Å². The Hall–Kier alpha value is -1.02. The van der Waals surface area contributed by atoms with E-state index in [4.69, 9.17) is 4.74 Å². The minimum atomic E-state index is -0.462. The van der Waals surface area contributed by atoms with Crippen LogP contribution in [0.5, 0.6) is 5.75 Å². The average Bonchev–Trinajstić information content (AvgIpc) is 2.81. The highest BCUT2D eigenvalue weighted by Gasteiger charge is 2.19. The summed E-state index contributed by atoms with van der Waals surface area (Å²) in [6.07, 6.45) is 4.77. The monoisotopic (exact) mass is 220 g/mol. The summed E-state index contributed by atoms with van der Waals surface area (Å²) < 4.78 is 5.26. The maximum Gasteiger partial charge on any atom is 0.124 e. The molecular weight excluding hydrogens is 200 g/mol. The third-order valence-electron chi connectivity index (χ3n) is 3.53. The number of rotatable bonds is 3. The molecule has 1 saturated carbocycles. The first kappa shape index (κ1) is 11.5. The fourth-order valence-corrected chi connectivity index (χ4v) is 2.59. The van der Waals surface area contributed by atoms with E-state index in [1.54, 1.807) is 14.0 Å². The second kappa shape index (κ2) is 4.88. The van der Waals surface area contributed by atoms with Gasteiger partial charge < -0.3 is 9.84 Å². The minimum absolute atomic E-state index is 0.462. The van der Waals surface area contributed by atoms with Crippen molar-refractivity contribution in [3.8, 4) is 5.75 Å². The molecule has 1 N–H and O–H groups in total. The Morgan fingerprint density at radius 1 is 1.31 bits per heavy atom. The molecule has 16 heavy (non-hydrogen) atoms. The molecule has 2 rings (SSSR count). The zero-order valence-electron chi connectivity index (χ0n) is 10.1. The molecule has 0 aliphatic heterocycles. The highest BCUT2D eigenvalue weighted by atomic mass is 16.5. The topological polar surface area (TPSA) is 29.5 Å². The van der Waals surface area contributed by atoms with Gasteiger partial charge in [0.1, 0.15) is 5.75 Å². The van der Waals surface area contributed by atoms with Gasteiger partial charge >= 0.3 is 0 Å². The molecule has 0 aromatic heterocycles. The zero-order valence-corrected chi connectivity index (χ0v) is 10.1. The third-order valence-corrected chi connectivity index (χ3v) is 3.53. The Morgan fingerprint density at radius 2 is 2.00 bits per heavy atom. The number of aliphatic hydroxyl groups is 1. The number of ether oxygens (including phenoxy) is 1. The number of hydrogen-bond donors (Lipinski definition) is 1. The maximum absolute atomic E-state index is 9.72. The van der Waals surface area contributed by atoms with E-state index in [0.717, 1.165) is 11.3 Å². The van der Waals surface area contributed by atoms with Crippen LogP contribution in [0.1, 0.15) is 55.8 Å². The standard InChI is InChI=1S/C14H20O2/c1-10(15)13-9-12(7-8-14(13)16-2)11-5-3-4-6-11/h7-11,15H,3-6H2,1-2H3. The van der Waals surface area contributed by atoms with Crippen LogP contribution in [0.2, 0.25) is 0 Å². The van der Waals surface area contributed by atoms with Crippen molar-refractivity contribution < 1.29 is 9.84 Å². The normalized spacial score (nSPS) is 18.7. The molecule has 1 aliphatic carbocycles. The number of aliphatic hydroxyl groups excluding tert-OH is 1. The number of hydrogen-bond acceptors (Lipinski definition) is 2. The SMILES string of the molecule is COc1ccc(C2CCCC2)cc1C(C)O. The summed E-state index contributed by atoms with van der Waals surface area (Å²) in [6.45, 7) is 1.79. The van der Waals surface area contributed by atoms with Crippen molar-refractivity contribution in [3.63, 3.8) is 0 Å². The summed E-state index contributed by atoms with van der Waals surface area (Å²) >= 11 is 0. The van der Waals surface area contributed by atoms with E-state index in [-0.39, 0.29) is 0 Å². The van der Waals surface area contributed by atoms with Gasteiger partial charge in [-0.2, -0.15) is 0 Å². The lowest BCUT2D eigenvalue weighted by molar-refractivity contribution is 0.194. The zero-order chi connectivity index (χ0) is 11.5. The summed E-state index contributed by atoms with van der Waals surface area (Å²) in [5.41, 5.74) is 2.26. The molecule has 1 atom stereocenters. The van der Waals surface area contributed by atoms with Gasteiger partial charge in [0, 0.05) is 5.56 Å². The van der Waals surface area contributed by atoms with Crippen molar-refractivity contribution in [2.45, 2.75) is 44.6 Å². The quantitative estimate of drug-likeness (QED) is 0.846. The number of benzene rings is 1. The smallest absolute Gasteiger partial charge is 0.124 e. The molecule has 0 amide bonds. The summed E-state index contributed by atoms with van der Waals surface area (Å²) in [5.74, 6) is 1.47. The van der Waals surface area contributed by atoms with Crippen LogP contribution in [0.25, 0.3) is 0 Å². The van der Waals surface area contributed by atoms with Gasteiger partial charge in [-0.25, -0.2) is 0 Å². The second-order valence-electron chi connectivity index (χ2n) is 4.66. The van der Waals surface area contributed by atoms with E-state index in [9.17, 15) is 5.11 Å². The van der Waals surface area contributed by atoms with Crippen LogP contribution in [0, 0.1) is 0 Å². The summed E-state index contributed by atoms with van der Waals surface area (Å²) in [5, 5.41) is 9.72. The van der Waals surface area contributed by atoms with Gasteiger partial charge in [-0.05, 0) is 43.4 Å². The highest BCUT2D eigenvalue weighted by molar-refractivity contribution is 5.40. The van der Waals surface area contributed by atoms with Crippen molar-refractivity contribution in [3.05, 3.63) is 29.3 Å². The molecule has 1 unspecified atom stereocenters. The van der Waals surface area contributed by atoms with Crippen molar-refractivity contribution in [1.29, 1.82) is 0 Å². The molecule has 88 valence electrons. The molecule has 0 bridgehead atoms. The molecular formula is C14H20O2. The van der Waals surface area contributed by atoms with Gasteiger partial charge in [-0.3, -0.25) is 0 Å². The van der Waals surface area contributed by atoms with E-state index < -0.39 is 6.10 Å². The summed E-state index contributed by atoms with van der Waals surface area (Å²) in [6, 6.07) is 6.23. The van der Waals surface area contributed by atoms with E-state index in [0.29, 0.717) is 5.92 Å². The fraction of sp³-hybridized carbons (Fsp3) is 0.571.